The molecule has 2 fully saturated rings. The molecular formula is C19H23N7S. The van der Waals surface area contributed by atoms with Crippen molar-refractivity contribution in [3.8, 4) is 0 Å². The summed E-state index contributed by atoms with van der Waals surface area (Å²) >= 11 is 1.54. The maximum absolute atomic E-state index is 6.43. The summed E-state index contributed by atoms with van der Waals surface area (Å²) in [5, 5.41) is 0.840. The van der Waals surface area contributed by atoms with Crippen LogP contribution in [0.25, 0.3) is 5.65 Å². The lowest BCUT2D eigenvalue weighted by atomic mass is 9.74. The number of aromatic nitrogens is 5. The van der Waals surface area contributed by atoms with Gasteiger partial charge >= 0.3 is 0 Å². The average Bonchev–Trinajstić information content (AvgIpc) is 3.32. The van der Waals surface area contributed by atoms with Gasteiger partial charge in [-0.15, -0.1) is 0 Å². The van der Waals surface area contributed by atoms with Crippen molar-refractivity contribution in [2.24, 2.45) is 11.1 Å². The first kappa shape index (κ1) is 16.9. The summed E-state index contributed by atoms with van der Waals surface area (Å²) in [5.74, 6) is 0.965. The first-order valence-electron chi connectivity index (χ1n) is 9.52. The minimum absolute atomic E-state index is 0.353. The minimum Gasteiger partial charge on any atom is -0.342 e. The van der Waals surface area contributed by atoms with Gasteiger partial charge in [0.05, 0.1) is 11.1 Å². The van der Waals surface area contributed by atoms with Gasteiger partial charge in [0.2, 0.25) is 5.95 Å². The Bertz CT molecular complexity index is 934. The summed E-state index contributed by atoms with van der Waals surface area (Å²) < 4.78 is 2.09. The van der Waals surface area contributed by atoms with E-state index in [1.807, 2.05) is 18.6 Å². The topological polar surface area (TPSA) is 85.2 Å². The van der Waals surface area contributed by atoms with Gasteiger partial charge in [0.1, 0.15) is 5.03 Å². The van der Waals surface area contributed by atoms with E-state index < -0.39 is 0 Å². The molecule has 0 aromatic carbocycles. The number of nitrogens with two attached hydrogens (primary N) is 1. The van der Waals surface area contributed by atoms with Gasteiger partial charge in [-0.2, -0.15) is 0 Å². The first-order valence-corrected chi connectivity index (χ1v) is 10.3. The third-order valence-corrected chi connectivity index (χ3v) is 7.07. The standard InChI is InChI=1S/C19H23N7S/c20-15-2-1-3-19(15)4-9-25(10-5-19)18-24-12-14(17-23-8-11-26(17)18)27-16-13-21-6-7-22-16/h6-8,11-13,15H,1-5,9-10,20H2/t15-/m1/s1. The van der Waals surface area contributed by atoms with Gasteiger partial charge in [-0.25, -0.2) is 15.0 Å². The van der Waals surface area contributed by atoms with Gasteiger partial charge < -0.3 is 10.6 Å². The molecule has 2 N–H and O–H groups in total. The van der Waals surface area contributed by atoms with Gasteiger partial charge in [0.25, 0.3) is 0 Å². The fourth-order valence-electron chi connectivity index (χ4n) is 4.58. The SMILES string of the molecule is N[C@@H]1CCCC12CCN(c1ncc(Sc3cnccn3)c3nccn13)CC2. The Hall–Kier alpha value is -2.19. The van der Waals surface area contributed by atoms with Crippen molar-refractivity contribution < 1.29 is 0 Å². The number of fused-ring (bicyclic) bond motifs is 1. The number of anilines is 1. The molecule has 1 atom stereocenters. The first-order chi connectivity index (χ1) is 13.3. The molecule has 27 heavy (non-hydrogen) atoms. The molecule has 1 aliphatic carbocycles. The summed E-state index contributed by atoms with van der Waals surface area (Å²) in [7, 11) is 0. The van der Waals surface area contributed by atoms with Gasteiger partial charge in [-0.1, -0.05) is 18.2 Å². The quantitative estimate of drug-likeness (QED) is 0.746. The molecule has 0 unspecified atom stereocenters. The van der Waals surface area contributed by atoms with Crippen LogP contribution in [0.1, 0.15) is 32.1 Å². The van der Waals surface area contributed by atoms with E-state index in [1.165, 1.54) is 31.0 Å². The zero-order valence-corrected chi connectivity index (χ0v) is 16.0. The van der Waals surface area contributed by atoms with Crippen molar-refractivity contribution in [1.82, 2.24) is 24.3 Å². The fraction of sp³-hybridized carbons (Fsp3) is 0.474. The number of nitrogens with zero attached hydrogens (tertiary/aromatic N) is 6. The lowest BCUT2D eigenvalue weighted by molar-refractivity contribution is 0.197. The molecule has 1 spiro atoms. The largest absolute Gasteiger partial charge is 0.342 e. The predicted molar refractivity (Wildman–Crippen MR) is 105 cm³/mol. The van der Waals surface area contributed by atoms with Gasteiger partial charge in [-0.3, -0.25) is 9.38 Å². The van der Waals surface area contributed by atoms with Gasteiger partial charge in [0.15, 0.2) is 5.65 Å². The highest BCUT2D eigenvalue weighted by molar-refractivity contribution is 7.99. The van der Waals surface area contributed by atoms with E-state index in [0.29, 0.717) is 11.5 Å². The van der Waals surface area contributed by atoms with Crippen molar-refractivity contribution in [2.45, 2.75) is 48.1 Å². The number of hydrogen-bond donors (Lipinski definition) is 1. The van der Waals surface area contributed by atoms with Gasteiger partial charge in [-0.05, 0) is 31.1 Å². The van der Waals surface area contributed by atoms with Crippen LogP contribution in [-0.4, -0.2) is 43.5 Å². The Balaban J connectivity index is 1.41. The summed E-state index contributed by atoms with van der Waals surface area (Å²) in [6, 6.07) is 0.367. The van der Waals surface area contributed by atoms with Crippen molar-refractivity contribution in [1.29, 1.82) is 0 Å². The predicted octanol–water partition coefficient (Wildman–Crippen LogP) is 2.77. The summed E-state index contributed by atoms with van der Waals surface area (Å²) in [6.45, 7) is 2.01. The van der Waals surface area contributed by atoms with Crippen molar-refractivity contribution in [3.63, 3.8) is 0 Å². The molecule has 140 valence electrons. The molecule has 1 saturated carbocycles. The zero-order valence-electron chi connectivity index (χ0n) is 15.2. The van der Waals surface area contributed by atoms with Crippen LogP contribution in [0.2, 0.25) is 0 Å². The van der Waals surface area contributed by atoms with Crippen molar-refractivity contribution >= 4 is 23.4 Å². The molecule has 0 radical (unpaired) electrons. The minimum atomic E-state index is 0.353. The molecule has 1 aliphatic heterocycles. The Kier molecular flexibility index (Phi) is 4.24. The molecule has 5 rings (SSSR count). The van der Waals surface area contributed by atoms with E-state index in [0.717, 1.165) is 47.4 Å². The number of piperidine rings is 1. The highest BCUT2D eigenvalue weighted by atomic mass is 32.2. The van der Waals surface area contributed by atoms with E-state index in [4.69, 9.17) is 10.7 Å². The van der Waals surface area contributed by atoms with E-state index in [2.05, 4.69) is 24.3 Å². The Morgan fingerprint density at radius 2 is 1.93 bits per heavy atom. The smallest absolute Gasteiger partial charge is 0.211 e. The molecular weight excluding hydrogens is 358 g/mol. The second-order valence-electron chi connectivity index (χ2n) is 7.54. The van der Waals surface area contributed by atoms with Crippen LogP contribution in [0, 0.1) is 5.41 Å². The normalized spacial score (nSPS) is 22.0. The van der Waals surface area contributed by atoms with Crippen LogP contribution in [0.15, 0.2) is 47.1 Å². The maximum atomic E-state index is 6.43. The lowest BCUT2D eigenvalue weighted by Crippen LogP contribution is -2.47. The fourth-order valence-corrected chi connectivity index (χ4v) is 5.38. The molecule has 0 amide bonds. The van der Waals surface area contributed by atoms with Crippen LogP contribution in [0.5, 0.6) is 0 Å². The monoisotopic (exact) mass is 381 g/mol. The van der Waals surface area contributed by atoms with E-state index in [9.17, 15) is 0 Å². The molecule has 2 aliphatic rings. The molecule has 1 saturated heterocycles. The zero-order chi connectivity index (χ0) is 18.3. The van der Waals surface area contributed by atoms with E-state index >= 15 is 0 Å². The molecule has 4 heterocycles. The highest BCUT2D eigenvalue weighted by Gasteiger charge is 2.43. The van der Waals surface area contributed by atoms with E-state index in [1.54, 1.807) is 18.6 Å². The van der Waals surface area contributed by atoms with Gasteiger partial charge in [0, 0.05) is 50.1 Å². The van der Waals surface area contributed by atoms with Crippen LogP contribution in [0.3, 0.4) is 0 Å². The van der Waals surface area contributed by atoms with Crippen molar-refractivity contribution in [3.05, 3.63) is 37.2 Å². The molecule has 8 heteroatoms. The van der Waals surface area contributed by atoms with Crippen LogP contribution in [0.4, 0.5) is 5.95 Å². The summed E-state index contributed by atoms with van der Waals surface area (Å²) in [4.78, 5) is 21.2. The summed E-state index contributed by atoms with van der Waals surface area (Å²) in [5.41, 5.74) is 7.70. The van der Waals surface area contributed by atoms with E-state index in [-0.39, 0.29) is 0 Å². The Morgan fingerprint density at radius 3 is 2.67 bits per heavy atom. The van der Waals surface area contributed by atoms with Crippen LogP contribution in [-0.2, 0) is 0 Å². The Morgan fingerprint density at radius 1 is 1.04 bits per heavy atom. The molecule has 3 aromatic rings. The lowest BCUT2D eigenvalue weighted by Gasteiger charge is -2.42. The highest BCUT2D eigenvalue weighted by Crippen LogP contribution is 2.46. The Labute approximate surface area is 162 Å². The maximum Gasteiger partial charge on any atom is 0.211 e. The third-order valence-electron chi connectivity index (χ3n) is 6.15. The number of rotatable bonds is 3. The third kappa shape index (κ3) is 2.96. The van der Waals surface area contributed by atoms with Crippen LogP contribution < -0.4 is 10.6 Å². The van der Waals surface area contributed by atoms with Crippen molar-refractivity contribution in [2.75, 3.05) is 18.0 Å². The average molecular weight is 382 g/mol. The number of imidazole rings is 1. The number of hydrogen-bond acceptors (Lipinski definition) is 7. The van der Waals surface area contributed by atoms with Crippen LogP contribution >= 0.6 is 11.8 Å². The second kappa shape index (κ2) is 6.76. The molecule has 0 bridgehead atoms. The molecule has 7 nitrogen and oxygen atoms in total. The second-order valence-corrected chi connectivity index (χ2v) is 8.60. The summed E-state index contributed by atoms with van der Waals surface area (Å²) in [6.07, 6.45) is 16.9. The molecule has 3 aromatic heterocycles.